The first-order chi connectivity index (χ1) is 17.6. The number of fused-ring (bicyclic) bond motifs is 3. The van der Waals surface area contributed by atoms with Gasteiger partial charge in [0.05, 0.1) is 24.8 Å². The number of aryl methyl sites for hydroxylation is 1. The Bertz CT molecular complexity index is 1610. The number of hydrogen-bond donors (Lipinski definition) is 1. The Balaban J connectivity index is 1.59. The number of thioether (sulfide) groups is 1. The van der Waals surface area contributed by atoms with Crippen molar-refractivity contribution in [3.63, 3.8) is 0 Å². The van der Waals surface area contributed by atoms with E-state index in [2.05, 4.69) is 15.3 Å². The van der Waals surface area contributed by atoms with Crippen molar-refractivity contribution in [1.29, 1.82) is 0 Å². The maximum absolute atomic E-state index is 14.0. The molecule has 4 heterocycles. The van der Waals surface area contributed by atoms with Gasteiger partial charge in [-0.3, -0.25) is 19.0 Å². The molecule has 1 N–H and O–H groups in total. The molecule has 1 aromatic carbocycles. The molecular formula is C25H24ClFN6O3S. The number of alkyl halides is 1. The highest BCUT2D eigenvalue weighted by molar-refractivity contribution is 7.98. The van der Waals surface area contributed by atoms with Gasteiger partial charge in [-0.25, -0.2) is 14.4 Å². The van der Waals surface area contributed by atoms with Crippen molar-refractivity contribution in [3.05, 3.63) is 63.0 Å². The summed E-state index contributed by atoms with van der Waals surface area (Å²) in [6.45, 7) is 1.15. The molecule has 0 atom stereocenters. The molecule has 5 rings (SSSR count). The van der Waals surface area contributed by atoms with Gasteiger partial charge in [-0.05, 0) is 36.9 Å². The molecule has 1 saturated heterocycles. The zero-order valence-corrected chi connectivity index (χ0v) is 22.0. The summed E-state index contributed by atoms with van der Waals surface area (Å²) < 4.78 is 17.1. The Hall–Kier alpha value is -3.44. The molecule has 4 aromatic rings. The van der Waals surface area contributed by atoms with Gasteiger partial charge in [0.15, 0.2) is 5.16 Å². The van der Waals surface area contributed by atoms with Crippen LogP contribution in [0.4, 0.5) is 4.39 Å². The van der Waals surface area contributed by atoms with Gasteiger partial charge in [0.1, 0.15) is 28.9 Å². The summed E-state index contributed by atoms with van der Waals surface area (Å²) in [4.78, 5) is 50.0. The summed E-state index contributed by atoms with van der Waals surface area (Å²) in [6.07, 6.45) is 3.44. The first-order valence-corrected chi connectivity index (χ1v) is 13.1. The summed E-state index contributed by atoms with van der Waals surface area (Å²) >= 11 is 7.38. The van der Waals surface area contributed by atoms with Gasteiger partial charge in [-0.15, -0.1) is 0 Å². The molecule has 37 heavy (non-hydrogen) atoms. The minimum absolute atomic E-state index is 0.0454. The number of rotatable bonds is 6. The highest BCUT2D eigenvalue weighted by Gasteiger charge is 2.41. The Morgan fingerprint density at radius 2 is 1.95 bits per heavy atom. The van der Waals surface area contributed by atoms with Gasteiger partial charge in [0.25, 0.3) is 11.5 Å². The molecule has 0 saturated carbocycles. The van der Waals surface area contributed by atoms with Crippen LogP contribution in [0.25, 0.3) is 22.1 Å². The monoisotopic (exact) mass is 542 g/mol. The van der Waals surface area contributed by atoms with E-state index < -0.39 is 23.0 Å². The minimum atomic E-state index is -1.45. The van der Waals surface area contributed by atoms with Crippen LogP contribution in [0.3, 0.4) is 0 Å². The number of carbonyl (C=O) groups is 2. The van der Waals surface area contributed by atoms with Gasteiger partial charge >= 0.3 is 0 Å². The van der Waals surface area contributed by atoms with Crippen molar-refractivity contribution in [2.45, 2.75) is 30.8 Å². The van der Waals surface area contributed by atoms with Crippen LogP contribution in [0.5, 0.6) is 0 Å². The summed E-state index contributed by atoms with van der Waals surface area (Å²) in [5.41, 5.74) is 0.105. The molecule has 0 spiro atoms. The average molecular weight is 543 g/mol. The third kappa shape index (κ3) is 4.69. The van der Waals surface area contributed by atoms with Gasteiger partial charge in [0, 0.05) is 24.0 Å². The largest absolute Gasteiger partial charge is 0.348 e. The molecule has 3 aromatic heterocycles. The molecule has 0 bridgehead atoms. The predicted octanol–water partition coefficient (Wildman–Crippen LogP) is 3.16. The van der Waals surface area contributed by atoms with E-state index in [4.69, 9.17) is 11.6 Å². The van der Waals surface area contributed by atoms with E-state index in [0.29, 0.717) is 21.4 Å². The van der Waals surface area contributed by atoms with Crippen LogP contribution < -0.4 is 10.9 Å². The third-order valence-corrected chi connectivity index (χ3v) is 7.37. The number of nitrogens with one attached hydrogen (secondary N) is 1. The van der Waals surface area contributed by atoms with Crippen molar-refractivity contribution in [2.24, 2.45) is 7.05 Å². The lowest BCUT2D eigenvalue weighted by atomic mass is 9.99. The van der Waals surface area contributed by atoms with Crippen molar-refractivity contribution in [3.8, 4) is 0 Å². The maximum atomic E-state index is 14.0. The van der Waals surface area contributed by atoms with Crippen molar-refractivity contribution in [1.82, 2.24) is 29.3 Å². The van der Waals surface area contributed by atoms with Crippen LogP contribution in [0, 0.1) is 0 Å². The summed E-state index contributed by atoms with van der Waals surface area (Å²) in [6, 6.07) is 8.48. The Morgan fingerprint density at radius 3 is 2.59 bits per heavy atom. The minimum Gasteiger partial charge on any atom is -0.348 e. The number of aromatic nitrogens is 4. The lowest BCUT2D eigenvalue weighted by Crippen LogP contribution is -2.60. The van der Waals surface area contributed by atoms with E-state index in [1.807, 2.05) is 17.9 Å². The molecule has 0 unspecified atom stereocenters. The molecule has 12 heteroatoms. The normalized spacial score (nSPS) is 14.7. The lowest BCUT2D eigenvalue weighted by molar-refractivity contribution is -0.144. The molecule has 192 valence electrons. The molecule has 0 aliphatic carbocycles. The molecule has 1 fully saturated rings. The lowest BCUT2D eigenvalue weighted by Gasteiger charge is -2.42. The van der Waals surface area contributed by atoms with E-state index in [1.54, 1.807) is 30.5 Å². The van der Waals surface area contributed by atoms with E-state index in [1.165, 1.54) is 34.2 Å². The molecule has 9 nitrogen and oxygen atoms in total. The van der Waals surface area contributed by atoms with Crippen LogP contribution in [0.2, 0.25) is 5.02 Å². The van der Waals surface area contributed by atoms with Crippen molar-refractivity contribution >= 4 is 57.2 Å². The number of halogens is 2. The number of likely N-dealkylation sites (tertiary alicyclic amines) is 1. The number of pyridine rings is 2. The number of imidazole rings is 1. The molecule has 2 amide bonds. The van der Waals surface area contributed by atoms with E-state index in [9.17, 15) is 18.8 Å². The summed E-state index contributed by atoms with van der Waals surface area (Å²) in [5.74, 6) is -1.01. The Morgan fingerprint density at radius 1 is 1.24 bits per heavy atom. The second-order valence-electron chi connectivity index (χ2n) is 9.31. The molecule has 1 aliphatic rings. The van der Waals surface area contributed by atoms with Crippen LogP contribution in [0.15, 0.2) is 46.5 Å². The standard InChI is InChI=1S/C25H24ClFN6O3S/c1-25(27)12-32(13-25)19(34)11-33-21-16(20-18(10-28-21)30-24(37-3)31(20)2)8-17(23(33)36)22(35)29-9-14-4-6-15(26)7-5-14/h4-8,10H,9,11-13H2,1-3H3,(H,29,35). The number of benzene rings is 1. The first-order valence-electron chi connectivity index (χ1n) is 11.5. The Labute approximate surface area is 220 Å². The second kappa shape index (κ2) is 9.46. The number of amides is 2. The molecule has 0 radical (unpaired) electrons. The number of hydrogen-bond acceptors (Lipinski definition) is 6. The molecular weight excluding hydrogens is 519 g/mol. The van der Waals surface area contributed by atoms with E-state index in [0.717, 1.165) is 10.7 Å². The molecule has 1 aliphatic heterocycles. The highest BCUT2D eigenvalue weighted by atomic mass is 35.5. The van der Waals surface area contributed by atoms with Gasteiger partial charge in [-0.1, -0.05) is 35.5 Å². The zero-order chi connectivity index (χ0) is 26.5. The topological polar surface area (TPSA) is 102 Å². The van der Waals surface area contributed by atoms with Gasteiger partial charge in [-0.2, -0.15) is 0 Å². The summed E-state index contributed by atoms with van der Waals surface area (Å²) in [7, 11) is 1.84. The second-order valence-corrected chi connectivity index (χ2v) is 10.5. The fraction of sp³-hybridized carbons (Fsp3) is 0.320. The van der Waals surface area contributed by atoms with Gasteiger partial charge < -0.3 is 14.8 Å². The van der Waals surface area contributed by atoms with Gasteiger partial charge in [0.2, 0.25) is 5.91 Å². The first kappa shape index (κ1) is 25.2. The predicted molar refractivity (Wildman–Crippen MR) is 141 cm³/mol. The average Bonchev–Trinajstić information content (AvgIpc) is 3.19. The van der Waals surface area contributed by atoms with E-state index in [-0.39, 0.29) is 37.4 Å². The summed E-state index contributed by atoms with van der Waals surface area (Å²) in [5, 5.41) is 4.58. The Kier molecular flexibility index (Phi) is 6.45. The maximum Gasteiger partial charge on any atom is 0.265 e. The van der Waals surface area contributed by atoms with Crippen molar-refractivity contribution < 1.29 is 14.0 Å². The fourth-order valence-electron chi connectivity index (χ4n) is 4.53. The van der Waals surface area contributed by atoms with E-state index >= 15 is 0 Å². The van der Waals surface area contributed by atoms with Crippen LogP contribution in [-0.4, -0.2) is 60.8 Å². The van der Waals surface area contributed by atoms with Crippen LogP contribution in [0.1, 0.15) is 22.8 Å². The van der Waals surface area contributed by atoms with Crippen LogP contribution >= 0.6 is 23.4 Å². The smallest absolute Gasteiger partial charge is 0.265 e. The third-order valence-electron chi connectivity index (χ3n) is 6.39. The van der Waals surface area contributed by atoms with Crippen molar-refractivity contribution in [2.75, 3.05) is 19.3 Å². The quantitative estimate of drug-likeness (QED) is 0.376. The van der Waals surface area contributed by atoms with Crippen LogP contribution in [-0.2, 0) is 24.9 Å². The number of carbonyl (C=O) groups excluding carboxylic acids is 2. The zero-order valence-electron chi connectivity index (χ0n) is 20.4. The fourth-order valence-corrected chi connectivity index (χ4v) is 5.21. The number of nitrogens with zero attached hydrogens (tertiary/aromatic N) is 5. The SMILES string of the molecule is CSc1nc2cnc3c(cc(C(=O)NCc4ccc(Cl)cc4)c(=O)n3CC(=O)N3CC(C)(F)C3)c2n1C. The highest BCUT2D eigenvalue weighted by Crippen LogP contribution is 2.28.